The van der Waals surface area contributed by atoms with Crippen LogP contribution in [-0.2, 0) is 19.7 Å². The molecule has 2 aromatic heterocycles. The van der Waals surface area contributed by atoms with Crippen molar-refractivity contribution in [3.05, 3.63) is 72.2 Å². The van der Waals surface area contributed by atoms with Crippen LogP contribution < -0.4 is 5.73 Å². The second kappa shape index (κ2) is 8.05. The van der Waals surface area contributed by atoms with Gasteiger partial charge < -0.3 is 19.8 Å². The number of likely N-dealkylation sites (tertiary alicyclic amines) is 1. The Balaban J connectivity index is 1.58. The molecule has 0 radical (unpaired) electrons. The maximum atomic E-state index is 12.4. The number of ether oxygens (including phenoxy) is 1. The van der Waals surface area contributed by atoms with E-state index >= 15 is 0 Å². The molecule has 1 aliphatic heterocycles. The lowest BCUT2D eigenvalue weighted by atomic mass is 9.70. The van der Waals surface area contributed by atoms with Crippen LogP contribution in [0, 0.1) is 0 Å². The third kappa shape index (κ3) is 3.86. The molecule has 0 unspecified atom stereocenters. The Labute approximate surface area is 169 Å². The van der Waals surface area contributed by atoms with Crippen LogP contribution in [0.5, 0.6) is 0 Å². The number of hydrogen-bond donors (Lipinski definition) is 1. The first kappa shape index (κ1) is 19.1. The molecule has 0 spiro atoms. The molecule has 0 atom stereocenters. The molecule has 150 valence electrons. The van der Waals surface area contributed by atoms with Crippen molar-refractivity contribution in [3.63, 3.8) is 0 Å². The van der Waals surface area contributed by atoms with E-state index in [2.05, 4.69) is 18.3 Å². The van der Waals surface area contributed by atoms with Crippen molar-refractivity contribution < 1.29 is 14.3 Å². The zero-order valence-electron chi connectivity index (χ0n) is 16.2. The van der Waals surface area contributed by atoms with Gasteiger partial charge in [0.1, 0.15) is 18.9 Å². The number of benzene rings is 1. The molecule has 3 aromatic rings. The average Bonchev–Trinajstić information content (AvgIpc) is 3.19. The summed E-state index contributed by atoms with van der Waals surface area (Å²) in [6.45, 7) is 0.827. The van der Waals surface area contributed by atoms with Gasteiger partial charge in [0, 0.05) is 30.9 Å². The molecule has 0 bridgehead atoms. The number of aromatic nitrogens is 2. The number of carbonyl (C=O) groups excluding carboxylic acids is 2. The molecule has 0 aliphatic carbocycles. The summed E-state index contributed by atoms with van der Waals surface area (Å²) in [7, 11) is 0. The van der Waals surface area contributed by atoms with Gasteiger partial charge in [0.2, 0.25) is 11.8 Å². The number of pyridine rings is 1. The summed E-state index contributed by atoms with van der Waals surface area (Å²) in [6, 6.07) is 16.3. The fourth-order valence-electron chi connectivity index (χ4n) is 4.08. The zero-order valence-corrected chi connectivity index (χ0v) is 16.2. The van der Waals surface area contributed by atoms with Gasteiger partial charge in [0.25, 0.3) is 0 Å². The highest BCUT2D eigenvalue weighted by molar-refractivity contribution is 5.79. The summed E-state index contributed by atoms with van der Waals surface area (Å²) in [4.78, 5) is 29.9. The monoisotopic (exact) mass is 392 g/mol. The van der Waals surface area contributed by atoms with E-state index in [4.69, 9.17) is 15.5 Å². The minimum Gasteiger partial charge on any atom is -0.368 e. The number of hydrogen-bond acceptors (Lipinski definition) is 4. The zero-order chi connectivity index (χ0) is 20.3. The molecule has 7 nitrogen and oxygen atoms in total. The topological polar surface area (TPSA) is 89.9 Å². The van der Waals surface area contributed by atoms with Crippen LogP contribution in [0.2, 0.25) is 0 Å². The molecule has 7 heteroatoms. The van der Waals surface area contributed by atoms with Crippen LogP contribution in [0.1, 0.15) is 24.1 Å². The van der Waals surface area contributed by atoms with E-state index in [1.807, 2.05) is 47.0 Å². The van der Waals surface area contributed by atoms with Crippen molar-refractivity contribution in [2.45, 2.75) is 18.3 Å². The first-order valence-corrected chi connectivity index (χ1v) is 9.72. The summed E-state index contributed by atoms with van der Waals surface area (Å²) < 4.78 is 7.13. The number of fused-ring (bicyclic) bond motifs is 1. The number of rotatable bonds is 6. The van der Waals surface area contributed by atoms with Crippen LogP contribution in [0.25, 0.3) is 5.65 Å². The van der Waals surface area contributed by atoms with E-state index < -0.39 is 5.91 Å². The molecule has 4 rings (SSSR count). The molecule has 1 aliphatic rings. The lowest BCUT2D eigenvalue weighted by Gasteiger charge is -2.41. The van der Waals surface area contributed by atoms with Crippen LogP contribution >= 0.6 is 0 Å². The first-order valence-electron chi connectivity index (χ1n) is 9.72. The van der Waals surface area contributed by atoms with Crippen molar-refractivity contribution in [1.82, 2.24) is 14.3 Å². The maximum absolute atomic E-state index is 12.4. The Bertz CT molecular complexity index is 974. The van der Waals surface area contributed by atoms with E-state index in [9.17, 15) is 9.59 Å². The number of imidazole rings is 1. The fourth-order valence-corrected chi connectivity index (χ4v) is 4.08. The lowest BCUT2D eigenvalue weighted by Crippen LogP contribution is -2.47. The van der Waals surface area contributed by atoms with Crippen LogP contribution in [0.3, 0.4) is 0 Å². The predicted molar refractivity (Wildman–Crippen MR) is 108 cm³/mol. The predicted octanol–water partition coefficient (Wildman–Crippen LogP) is 1.74. The van der Waals surface area contributed by atoms with Gasteiger partial charge >= 0.3 is 0 Å². The molecule has 2 N–H and O–H groups in total. The van der Waals surface area contributed by atoms with Crippen molar-refractivity contribution in [1.29, 1.82) is 0 Å². The number of carbonyl (C=O) groups is 2. The molecule has 1 aromatic carbocycles. The number of piperidine rings is 1. The van der Waals surface area contributed by atoms with Crippen molar-refractivity contribution in [2.24, 2.45) is 5.73 Å². The van der Waals surface area contributed by atoms with Crippen LogP contribution in [0.15, 0.2) is 60.9 Å². The summed E-state index contributed by atoms with van der Waals surface area (Å²) >= 11 is 0. The Morgan fingerprint density at radius 2 is 1.76 bits per heavy atom. The second-order valence-electron chi connectivity index (χ2n) is 7.38. The lowest BCUT2D eigenvalue weighted by molar-refractivity contribution is -0.139. The fraction of sp³-hybridized carbons (Fsp3) is 0.318. The van der Waals surface area contributed by atoms with Gasteiger partial charge in [-0.05, 0) is 30.5 Å². The maximum Gasteiger partial charge on any atom is 0.248 e. The average molecular weight is 392 g/mol. The van der Waals surface area contributed by atoms with E-state index in [1.54, 1.807) is 4.90 Å². The quantitative estimate of drug-likeness (QED) is 0.692. The highest BCUT2D eigenvalue weighted by Gasteiger charge is 2.40. The molecule has 2 amide bonds. The van der Waals surface area contributed by atoms with Gasteiger partial charge in [-0.3, -0.25) is 9.59 Å². The van der Waals surface area contributed by atoms with Gasteiger partial charge in [-0.25, -0.2) is 4.98 Å². The smallest absolute Gasteiger partial charge is 0.248 e. The Hall–Kier alpha value is -3.19. The van der Waals surface area contributed by atoms with E-state index in [0.717, 1.165) is 24.2 Å². The number of nitrogens with zero attached hydrogens (tertiary/aromatic N) is 3. The van der Waals surface area contributed by atoms with Crippen molar-refractivity contribution in [3.8, 4) is 0 Å². The van der Waals surface area contributed by atoms with E-state index in [1.165, 1.54) is 5.56 Å². The summed E-state index contributed by atoms with van der Waals surface area (Å²) in [5, 5.41) is 0. The van der Waals surface area contributed by atoms with Gasteiger partial charge in [0.15, 0.2) is 0 Å². The molecule has 1 saturated heterocycles. The normalized spacial score (nSPS) is 16.1. The third-order valence-electron chi connectivity index (χ3n) is 5.62. The molecular formula is C22H24N4O3. The molecule has 29 heavy (non-hydrogen) atoms. The Kier molecular flexibility index (Phi) is 5.31. The molecule has 1 fully saturated rings. The SMILES string of the molecule is NC(=O)COCC(=O)N1CCC(c2ccccc2)(c2cn3ccccc3n2)CC1. The second-order valence-corrected chi connectivity index (χ2v) is 7.38. The van der Waals surface area contributed by atoms with Gasteiger partial charge in [-0.15, -0.1) is 0 Å². The molecular weight excluding hydrogens is 368 g/mol. The summed E-state index contributed by atoms with van der Waals surface area (Å²) in [5.41, 5.74) is 7.95. The third-order valence-corrected chi connectivity index (χ3v) is 5.62. The van der Waals surface area contributed by atoms with Crippen LogP contribution in [-0.4, -0.2) is 52.4 Å². The minimum atomic E-state index is -0.577. The highest BCUT2D eigenvalue weighted by atomic mass is 16.5. The van der Waals surface area contributed by atoms with Gasteiger partial charge in [-0.2, -0.15) is 0 Å². The largest absolute Gasteiger partial charge is 0.368 e. The summed E-state index contributed by atoms with van der Waals surface area (Å²) in [5.74, 6) is -0.700. The van der Waals surface area contributed by atoms with Crippen molar-refractivity contribution in [2.75, 3.05) is 26.3 Å². The summed E-state index contributed by atoms with van der Waals surface area (Å²) in [6.07, 6.45) is 5.62. The highest BCUT2D eigenvalue weighted by Crippen LogP contribution is 2.41. The minimum absolute atomic E-state index is 0.122. The molecule has 0 saturated carbocycles. The van der Waals surface area contributed by atoms with Crippen LogP contribution in [0.4, 0.5) is 0 Å². The van der Waals surface area contributed by atoms with E-state index in [-0.39, 0.29) is 24.5 Å². The Morgan fingerprint density at radius 3 is 2.45 bits per heavy atom. The number of amides is 2. The van der Waals surface area contributed by atoms with E-state index in [0.29, 0.717) is 13.1 Å². The van der Waals surface area contributed by atoms with Crippen molar-refractivity contribution >= 4 is 17.5 Å². The molecule has 3 heterocycles. The Morgan fingerprint density at radius 1 is 1.03 bits per heavy atom. The van der Waals surface area contributed by atoms with Gasteiger partial charge in [-0.1, -0.05) is 36.4 Å². The number of primary amides is 1. The van der Waals surface area contributed by atoms with Gasteiger partial charge in [0.05, 0.1) is 5.69 Å². The standard InChI is InChI=1S/C22H24N4O3/c23-19(27)15-29-16-21(28)25-12-9-22(10-13-25,17-6-2-1-3-7-17)18-14-26-11-5-4-8-20(26)24-18/h1-8,11,14H,9-10,12-13,15-16H2,(H2,23,27). The number of nitrogens with two attached hydrogens (primary N) is 1. The first-order chi connectivity index (χ1) is 14.1.